The predicted octanol–water partition coefficient (Wildman–Crippen LogP) is 2.21. The summed E-state index contributed by atoms with van der Waals surface area (Å²) in [5, 5.41) is 14.6. The Morgan fingerprint density at radius 2 is 2.12 bits per heavy atom. The van der Waals surface area contributed by atoms with Gasteiger partial charge >= 0.3 is 0 Å². The zero-order chi connectivity index (χ0) is 16.6. The molecule has 7 nitrogen and oxygen atoms in total. The van der Waals surface area contributed by atoms with Crippen LogP contribution in [0.25, 0.3) is 0 Å². The molecule has 4 rings (SSSR count). The first-order valence-electron chi connectivity index (χ1n) is 8.71. The maximum absolute atomic E-state index is 4.70. The molecule has 1 saturated carbocycles. The Balaban J connectivity index is 1.53. The molecule has 2 aromatic heterocycles. The lowest BCUT2D eigenvalue weighted by Crippen LogP contribution is -2.37. The second-order valence-corrected chi connectivity index (χ2v) is 7.15. The molecule has 3 N–H and O–H groups in total. The largest absolute Gasteiger partial charge is 0.365 e. The summed E-state index contributed by atoms with van der Waals surface area (Å²) in [5.41, 5.74) is 2.36. The SMILES string of the molecule is Cc1cnc(Nc2cnn(C)c2)nc1NC1CNCC12CCCC2. The van der Waals surface area contributed by atoms with Crippen molar-refractivity contribution in [2.45, 2.75) is 38.6 Å². The minimum Gasteiger partial charge on any atom is -0.365 e. The minimum absolute atomic E-state index is 0.397. The van der Waals surface area contributed by atoms with Gasteiger partial charge in [-0.2, -0.15) is 10.1 Å². The van der Waals surface area contributed by atoms with Gasteiger partial charge in [-0.05, 0) is 19.8 Å². The van der Waals surface area contributed by atoms with Crippen molar-refractivity contribution < 1.29 is 0 Å². The summed E-state index contributed by atoms with van der Waals surface area (Å²) in [5.74, 6) is 1.53. The van der Waals surface area contributed by atoms with E-state index < -0.39 is 0 Å². The number of anilines is 3. The number of aryl methyl sites for hydroxylation is 2. The summed E-state index contributed by atoms with van der Waals surface area (Å²) in [6, 6.07) is 0.444. The van der Waals surface area contributed by atoms with Crippen LogP contribution in [-0.2, 0) is 7.05 Å². The van der Waals surface area contributed by atoms with Crippen molar-refractivity contribution in [1.29, 1.82) is 0 Å². The number of aromatic nitrogens is 4. The molecule has 2 fully saturated rings. The number of hydrogen-bond donors (Lipinski definition) is 3. The summed E-state index contributed by atoms with van der Waals surface area (Å²) in [6.45, 7) is 4.18. The highest BCUT2D eigenvalue weighted by molar-refractivity contribution is 5.54. The second kappa shape index (κ2) is 6.05. The first-order chi connectivity index (χ1) is 11.6. The summed E-state index contributed by atoms with van der Waals surface area (Å²) >= 11 is 0. The topological polar surface area (TPSA) is 79.7 Å². The van der Waals surface area contributed by atoms with Gasteiger partial charge in [0.2, 0.25) is 5.95 Å². The number of nitrogens with one attached hydrogen (secondary N) is 3. The summed E-state index contributed by atoms with van der Waals surface area (Å²) in [7, 11) is 1.89. The van der Waals surface area contributed by atoms with Crippen molar-refractivity contribution in [2.24, 2.45) is 12.5 Å². The Kier molecular flexibility index (Phi) is 3.88. The molecule has 24 heavy (non-hydrogen) atoms. The van der Waals surface area contributed by atoms with Crippen molar-refractivity contribution in [1.82, 2.24) is 25.1 Å². The highest BCUT2D eigenvalue weighted by Gasteiger charge is 2.44. The van der Waals surface area contributed by atoms with Gasteiger partial charge in [-0.15, -0.1) is 0 Å². The van der Waals surface area contributed by atoms with Gasteiger partial charge in [-0.1, -0.05) is 12.8 Å². The van der Waals surface area contributed by atoms with E-state index in [1.165, 1.54) is 25.7 Å². The molecule has 0 amide bonds. The lowest BCUT2D eigenvalue weighted by Gasteiger charge is -2.31. The Hall–Kier alpha value is -2.15. The average Bonchev–Trinajstić information content (AvgIpc) is 3.28. The fraction of sp³-hybridized carbons (Fsp3) is 0.588. The van der Waals surface area contributed by atoms with E-state index in [2.05, 4.69) is 33.0 Å². The first kappa shape index (κ1) is 15.4. The molecule has 2 aromatic rings. The summed E-state index contributed by atoms with van der Waals surface area (Å²) in [4.78, 5) is 9.09. The summed E-state index contributed by atoms with van der Waals surface area (Å²) in [6.07, 6.45) is 10.9. The molecule has 1 atom stereocenters. The zero-order valence-electron chi connectivity index (χ0n) is 14.3. The smallest absolute Gasteiger partial charge is 0.229 e. The van der Waals surface area contributed by atoms with E-state index in [1.54, 1.807) is 10.9 Å². The van der Waals surface area contributed by atoms with Gasteiger partial charge in [-0.25, -0.2) is 4.98 Å². The third kappa shape index (κ3) is 2.84. The monoisotopic (exact) mass is 327 g/mol. The third-order valence-electron chi connectivity index (χ3n) is 5.41. The first-order valence-corrected chi connectivity index (χ1v) is 8.71. The molecule has 128 valence electrons. The van der Waals surface area contributed by atoms with E-state index in [9.17, 15) is 0 Å². The van der Waals surface area contributed by atoms with Gasteiger partial charge in [0.05, 0.1) is 11.9 Å². The van der Waals surface area contributed by atoms with E-state index in [-0.39, 0.29) is 0 Å². The number of rotatable bonds is 4. The van der Waals surface area contributed by atoms with Crippen LogP contribution in [0.4, 0.5) is 17.5 Å². The van der Waals surface area contributed by atoms with Gasteiger partial charge in [0.25, 0.3) is 0 Å². The van der Waals surface area contributed by atoms with Crippen LogP contribution in [0.5, 0.6) is 0 Å². The fourth-order valence-electron chi connectivity index (χ4n) is 4.04. The van der Waals surface area contributed by atoms with Gasteiger partial charge in [0.15, 0.2) is 0 Å². The van der Waals surface area contributed by atoms with E-state index in [1.807, 2.05) is 19.4 Å². The van der Waals surface area contributed by atoms with Crippen molar-refractivity contribution >= 4 is 17.5 Å². The molecule has 0 aromatic carbocycles. The van der Waals surface area contributed by atoms with E-state index in [0.29, 0.717) is 17.4 Å². The minimum atomic E-state index is 0.397. The zero-order valence-corrected chi connectivity index (χ0v) is 14.3. The molecular weight excluding hydrogens is 302 g/mol. The molecule has 0 radical (unpaired) electrons. The third-order valence-corrected chi connectivity index (χ3v) is 5.41. The van der Waals surface area contributed by atoms with E-state index >= 15 is 0 Å². The van der Waals surface area contributed by atoms with Crippen LogP contribution in [0.3, 0.4) is 0 Å². The van der Waals surface area contributed by atoms with Crippen LogP contribution >= 0.6 is 0 Å². The lowest BCUT2D eigenvalue weighted by molar-refractivity contribution is 0.309. The Bertz CT molecular complexity index is 712. The van der Waals surface area contributed by atoms with Crippen molar-refractivity contribution in [3.63, 3.8) is 0 Å². The fourth-order valence-corrected chi connectivity index (χ4v) is 4.04. The second-order valence-electron chi connectivity index (χ2n) is 7.15. The van der Waals surface area contributed by atoms with E-state index in [0.717, 1.165) is 30.2 Å². The maximum Gasteiger partial charge on any atom is 0.229 e. The van der Waals surface area contributed by atoms with Crippen molar-refractivity contribution in [2.75, 3.05) is 23.7 Å². The van der Waals surface area contributed by atoms with Gasteiger partial charge in [-0.3, -0.25) is 4.68 Å². The molecule has 3 heterocycles. The lowest BCUT2D eigenvalue weighted by atomic mass is 9.81. The molecule has 1 aliphatic heterocycles. The molecule has 0 bridgehead atoms. The Morgan fingerprint density at radius 1 is 1.29 bits per heavy atom. The van der Waals surface area contributed by atoms with Crippen LogP contribution in [0, 0.1) is 12.3 Å². The van der Waals surface area contributed by atoms with Crippen LogP contribution in [0.1, 0.15) is 31.2 Å². The maximum atomic E-state index is 4.70. The molecule has 2 aliphatic rings. The summed E-state index contributed by atoms with van der Waals surface area (Å²) < 4.78 is 1.75. The van der Waals surface area contributed by atoms with Crippen LogP contribution in [0.2, 0.25) is 0 Å². The highest BCUT2D eigenvalue weighted by Crippen LogP contribution is 2.43. The standard InChI is InChI=1S/C17H25N7/c1-12-7-19-16(21-13-8-20-24(2)10-13)23-15(12)22-14-9-18-11-17(14)5-3-4-6-17/h7-8,10,14,18H,3-6,9,11H2,1-2H3,(H2,19,21,22,23). The van der Waals surface area contributed by atoms with Crippen molar-refractivity contribution in [3.05, 3.63) is 24.2 Å². The molecule has 1 unspecified atom stereocenters. The normalized spacial score (nSPS) is 22.2. The quantitative estimate of drug-likeness (QED) is 0.799. The van der Waals surface area contributed by atoms with Gasteiger partial charge < -0.3 is 16.0 Å². The van der Waals surface area contributed by atoms with Crippen LogP contribution < -0.4 is 16.0 Å². The van der Waals surface area contributed by atoms with Crippen LogP contribution in [0.15, 0.2) is 18.6 Å². The highest BCUT2D eigenvalue weighted by atomic mass is 15.3. The van der Waals surface area contributed by atoms with E-state index in [4.69, 9.17) is 4.98 Å². The Morgan fingerprint density at radius 3 is 2.88 bits per heavy atom. The average molecular weight is 327 g/mol. The Labute approximate surface area is 142 Å². The van der Waals surface area contributed by atoms with Crippen molar-refractivity contribution in [3.8, 4) is 0 Å². The van der Waals surface area contributed by atoms with Crippen LogP contribution in [-0.4, -0.2) is 38.9 Å². The molecule has 7 heteroatoms. The molecular formula is C17H25N7. The van der Waals surface area contributed by atoms with Gasteiger partial charge in [0.1, 0.15) is 5.82 Å². The molecule has 1 aliphatic carbocycles. The molecule has 1 saturated heterocycles. The van der Waals surface area contributed by atoms with Gasteiger partial charge in [0, 0.05) is 49.6 Å². The molecule has 1 spiro atoms. The number of nitrogens with zero attached hydrogens (tertiary/aromatic N) is 4. The number of hydrogen-bond acceptors (Lipinski definition) is 6. The predicted molar refractivity (Wildman–Crippen MR) is 94.4 cm³/mol.